The van der Waals surface area contributed by atoms with Crippen molar-refractivity contribution in [2.24, 2.45) is 18.9 Å². The lowest BCUT2D eigenvalue weighted by molar-refractivity contribution is -0.122. The minimum Gasteiger partial charge on any atom is -0.483 e. The number of carbonyl (C=O) groups is 3. The highest BCUT2D eigenvalue weighted by molar-refractivity contribution is 5.97. The van der Waals surface area contributed by atoms with Gasteiger partial charge in [-0.1, -0.05) is 0 Å². The molecular weight excluding hydrogens is 440 g/mol. The van der Waals surface area contributed by atoms with Crippen molar-refractivity contribution in [3.05, 3.63) is 48.0 Å². The van der Waals surface area contributed by atoms with Gasteiger partial charge in [0.05, 0.1) is 47.4 Å². The molecule has 178 valence electrons. The Morgan fingerprint density at radius 3 is 2.97 bits per heavy atom. The van der Waals surface area contributed by atoms with Crippen molar-refractivity contribution in [2.45, 2.75) is 24.5 Å². The average Bonchev–Trinajstić information content (AvgIpc) is 3.64. The van der Waals surface area contributed by atoms with Gasteiger partial charge < -0.3 is 24.6 Å². The maximum absolute atomic E-state index is 12.8. The monoisotopic (exact) mass is 466 g/mol. The van der Waals surface area contributed by atoms with Crippen LogP contribution in [0.15, 0.2) is 36.9 Å². The highest BCUT2D eigenvalue weighted by atomic mass is 16.5. The fraction of sp³-hybridized carbons (Fsp3) is 0.435. The fourth-order valence-corrected chi connectivity index (χ4v) is 5.76. The minimum absolute atomic E-state index is 0.0176. The first-order valence-electron chi connectivity index (χ1n) is 11.2. The van der Waals surface area contributed by atoms with Gasteiger partial charge in [0.15, 0.2) is 0 Å². The second-order valence-corrected chi connectivity index (χ2v) is 9.08. The minimum atomic E-state index is -0.272. The van der Waals surface area contributed by atoms with Crippen LogP contribution in [0.5, 0.6) is 0 Å². The van der Waals surface area contributed by atoms with Gasteiger partial charge in [-0.05, 0) is 31.0 Å². The van der Waals surface area contributed by atoms with E-state index in [4.69, 9.17) is 14.6 Å². The number of carboxylic acid groups (broad SMARTS) is 1. The second-order valence-electron chi connectivity index (χ2n) is 9.08. The first-order valence-corrected chi connectivity index (χ1v) is 11.2. The Hall–Kier alpha value is -3.73. The molecule has 4 atom stereocenters. The Labute approximate surface area is 195 Å². The van der Waals surface area contributed by atoms with Crippen LogP contribution in [0.3, 0.4) is 0 Å². The molecule has 34 heavy (non-hydrogen) atoms. The predicted molar refractivity (Wildman–Crippen MR) is 120 cm³/mol. The summed E-state index contributed by atoms with van der Waals surface area (Å²) in [5.74, 6) is 0.323. The number of aryl methyl sites for hydroxylation is 1. The van der Waals surface area contributed by atoms with Gasteiger partial charge in [-0.3, -0.25) is 19.5 Å². The van der Waals surface area contributed by atoms with Crippen LogP contribution in [0.4, 0.5) is 0 Å². The van der Waals surface area contributed by atoms with Gasteiger partial charge in [0.25, 0.3) is 18.3 Å². The Morgan fingerprint density at radius 1 is 1.38 bits per heavy atom. The molecule has 3 aliphatic heterocycles. The lowest BCUT2D eigenvalue weighted by atomic mass is 9.73. The van der Waals surface area contributed by atoms with Gasteiger partial charge in [0, 0.05) is 43.7 Å². The van der Waals surface area contributed by atoms with E-state index >= 15 is 0 Å². The van der Waals surface area contributed by atoms with Crippen LogP contribution in [-0.2, 0) is 16.6 Å². The van der Waals surface area contributed by atoms with Crippen LogP contribution in [0.25, 0.3) is 11.0 Å². The molecular formula is C23H26N6O5. The molecule has 3 fully saturated rings. The van der Waals surface area contributed by atoms with Crippen molar-refractivity contribution in [1.82, 2.24) is 30.0 Å². The number of H-pyrrole nitrogens is 1. The number of amides is 2. The Kier molecular flexibility index (Phi) is 5.56. The molecule has 0 aliphatic carbocycles. The van der Waals surface area contributed by atoms with Crippen LogP contribution in [-0.4, -0.2) is 79.4 Å². The number of fused-ring (bicyclic) bond motifs is 2. The molecule has 0 radical (unpaired) electrons. The molecule has 2 bridgehead atoms. The van der Waals surface area contributed by atoms with Crippen LogP contribution < -0.4 is 5.32 Å². The zero-order chi connectivity index (χ0) is 23.9. The van der Waals surface area contributed by atoms with Gasteiger partial charge in [0.1, 0.15) is 0 Å². The molecule has 2 amide bonds. The SMILES string of the molecule is Cn1cnc2cc(C(=O)NC[C@H]3[C@H]4CN(C(=O)c5cn[nH]c5)C[C@]45CC[C@H]3O5)ccc21.O=CO. The third-order valence-electron chi connectivity index (χ3n) is 7.30. The summed E-state index contributed by atoms with van der Waals surface area (Å²) in [6.45, 7) is 1.56. The van der Waals surface area contributed by atoms with Crippen LogP contribution >= 0.6 is 0 Å². The van der Waals surface area contributed by atoms with Gasteiger partial charge >= 0.3 is 0 Å². The van der Waals surface area contributed by atoms with E-state index in [1.807, 2.05) is 34.7 Å². The highest BCUT2D eigenvalue weighted by Crippen LogP contribution is 2.54. The third-order valence-corrected chi connectivity index (χ3v) is 7.30. The molecule has 5 heterocycles. The first-order chi connectivity index (χ1) is 16.5. The molecule has 3 aromatic rings. The molecule has 0 saturated carbocycles. The van der Waals surface area contributed by atoms with E-state index in [-0.39, 0.29) is 41.8 Å². The molecule has 11 heteroatoms. The maximum atomic E-state index is 12.8. The van der Waals surface area contributed by atoms with Gasteiger partial charge in [-0.25, -0.2) is 4.98 Å². The Balaban J connectivity index is 0.000000764. The smallest absolute Gasteiger partial charge is 0.290 e. The van der Waals surface area contributed by atoms with Crippen molar-refractivity contribution >= 4 is 29.3 Å². The molecule has 1 aromatic carbocycles. The molecule has 3 N–H and O–H groups in total. The van der Waals surface area contributed by atoms with E-state index in [0.29, 0.717) is 30.8 Å². The molecule has 6 rings (SSSR count). The van der Waals surface area contributed by atoms with Crippen molar-refractivity contribution in [2.75, 3.05) is 19.6 Å². The number of imidazole rings is 1. The molecule has 3 saturated heterocycles. The Morgan fingerprint density at radius 2 is 2.21 bits per heavy atom. The largest absolute Gasteiger partial charge is 0.483 e. The fourth-order valence-electron chi connectivity index (χ4n) is 5.76. The first kappa shape index (κ1) is 22.1. The molecule has 2 aromatic heterocycles. The summed E-state index contributed by atoms with van der Waals surface area (Å²) < 4.78 is 8.34. The van der Waals surface area contributed by atoms with E-state index in [1.165, 1.54) is 0 Å². The van der Waals surface area contributed by atoms with Crippen LogP contribution in [0.2, 0.25) is 0 Å². The van der Waals surface area contributed by atoms with E-state index in [9.17, 15) is 9.59 Å². The number of aromatic amines is 1. The van der Waals surface area contributed by atoms with Gasteiger partial charge in [0.2, 0.25) is 0 Å². The lowest BCUT2D eigenvalue weighted by Gasteiger charge is -2.29. The summed E-state index contributed by atoms with van der Waals surface area (Å²) in [5.41, 5.74) is 2.70. The lowest BCUT2D eigenvalue weighted by Crippen LogP contribution is -2.41. The average molecular weight is 466 g/mol. The number of carbonyl (C=O) groups excluding carboxylic acids is 2. The standard InChI is InChI=1S/C22H24N6O3.CH2O2/c1-27-12-24-17-6-13(2-3-18(17)27)20(29)23-9-15-16-10-28(21(30)14-7-25-26-8-14)11-22(16)5-4-19(15)31-22;2-1-3/h2-3,6-8,12,15-16,19H,4-5,9-11H2,1H3,(H,23,29)(H,25,26);1H,(H,2,3)/t15-,16+,19+,22+;/m0./s1. The zero-order valence-electron chi connectivity index (χ0n) is 18.7. The van der Waals surface area contributed by atoms with Gasteiger partial charge in [-0.15, -0.1) is 0 Å². The topological polar surface area (TPSA) is 142 Å². The number of nitrogens with one attached hydrogen (secondary N) is 2. The van der Waals surface area contributed by atoms with E-state index in [1.54, 1.807) is 18.7 Å². The van der Waals surface area contributed by atoms with Crippen LogP contribution in [0.1, 0.15) is 33.6 Å². The van der Waals surface area contributed by atoms with Crippen molar-refractivity contribution in [3.63, 3.8) is 0 Å². The number of benzene rings is 1. The Bertz CT molecular complexity index is 1220. The number of hydrogen-bond acceptors (Lipinski definition) is 6. The number of aromatic nitrogens is 4. The summed E-state index contributed by atoms with van der Waals surface area (Å²) in [4.78, 5) is 40.2. The number of hydrogen-bond donors (Lipinski definition) is 3. The number of rotatable bonds is 4. The van der Waals surface area contributed by atoms with E-state index in [0.717, 1.165) is 23.9 Å². The summed E-state index contributed by atoms with van der Waals surface area (Å²) >= 11 is 0. The van der Waals surface area contributed by atoms with Crippen molar-refractivity contribution in [1.29, 1.82) is 0 Å². The van der Waals surface area contributed by atoms with Gasteiger partial charge in [-0.2, -0.15) is 5.10 Å². The van der Waals surface area contributed by atoms with E-state index < -0.39 is 0 Å². The molecule has 11 nitrogen and oxygen atoms in total. The quantitative estimate of drug-likeness (QED) is 0.488. The molecule has 1 spiro atoms. The summed E-state index contributed by atoms with van der Waals surface area (Å²) in [5, 5.41) is 16.6. The second kappa shape index (κ2) is 8.56. The highest BCUT2D eigenvalue weighted by Gasteiger charge is 2.63. The van der Waals surface area contributed by atoms with Crippen LogP contribution in [0, 0.1) is 11.8 Å². The molecule has 0 unspecified atom stereocenters. The zero-order valence-corrected chi connectivity index (χ0v) is 18.7. The third kappa shape index (κ3) is 3.61. The molecule has 3 aliphatic rings. The maximum Gasteiger partial charge on any atom is 0.290 e. The summed E-state index contributed by atoms with van der Waals surface area (Å²) in [6.07, 6.45) is 7.03. The normalized spacial score (nSPS) is 26.7. The number of nitrogens with zero attached hydrogens (tertiary/aromatic N) is 4. The summed E-state index contributed by atoms with van der Waals surface area (Å²) in [6, 6.07) is 5.58. The predicted octanol–water partition coefficient (Wildman–Crippen LogP) is 1.05. The number of ether oxygens (including phenoxy) is 1. The van der Waals surface area contributed by atoms with Crippen molar-refractivity contribution in [3.8, 4) is 0 Å². The number of likely N-dealkylation sites (tertiary alicyclic amines) is 1. The van der Waals surface area contributed by atoms with Crippen molar-refractivity contribution < 1.29 is 24.2 Å². The van der Waals surface area contributed by atoms with E-state index in [2.05, 4.69) is 20.5 Å². The summed E-state index contributed by atoms with van der Waals surface area (Å²) in [7, 11) is 1.93.